The lowest BCUT2D eigenvalue weighted by atomic mass is 10.1. The second-order valence-electron chi connectivity index (χ2n) is 8.91. The van der Waals surface area contributed by atoms with Crippen molar-refractivity contribution in [1.29, 1.82) is 0 Å². The quantitative estimate of drug-likeness (QED) is 0.345. The molecule has 1 heterocycles. The third-order valence-electron chi connectivity index (χ3n) is 4.77. The first kappa shape index (κ1) is 26.5. The Labute approximate surface area is 171 Å². The maximum atomic E-state index is 10.9. The number of quaternary nitrogens is 2. The van der Waals surface area contributed by atoms with Crippen LogP contribution in [0.25, 0.3) is 0 Å². The van der Waals surface area contributed by atoms with Crippen LogP contribution >= 0.6 is 0 Å². The van der Waals surface area contributed by atoms with E-state index in [9.17, 15) is 9.59 Å². The van der Waals surface area contributed by atoms with Gasteiger partial charge in [-0.3, -0.25) is 4.48 Å². The molecule has 0 saturated heterocycles. The molecule has 1 aliphatic heterocycles. The average Bonchev–Trinajstić information content (AvgIpc) is 2.99. The zero-order valence-corrected chi connectivity index (χ0v) is 18.5. The molecule has 2 N–H and O–H groups in total. The van der Waals surface area contributed by atoms with E-state index in [1.807, 2.05) is 27.5 Å². The van der Waals surface area contributed by atoms with E-state index in [2.05, 4.69) is 11.9 Å². The molecule has 0 amide bonds. The van der Waals surface area contributed by atoms with Crippen LogP contribution in [0.4, 0.5) is 0 Å². The van der Waals surface area contributed by atoms with Crippen LogP contribution in [0.5, 0.6) is 0 Å². The minimum absolute atomic E-state index is 0.181. The van der Waals surface area contributed by atoms with Crippen LogP contribution in [-0.2, 0) is 9.59 Å². The SMILES string of the molecule is CCCCCCCCCCC[N+]1(CC(=O)O)C=NCC1.C[N+](C)(C)CC(=O)O. The van der Waals surface area contributed by atoms with Crippen molar-refractivity contribution in [3.63, 3.8) is 0 Å². The second-order valence-corrected chi connectivity index (χ2v) is 8.91. The number of carbonyl (C=O) groups is 2. The molecule has 0 aromatic carbocycles. The zero-order valence-electron chi connectivity index (χ0n) is 18.5. The smallest absolute Gasteiger partial charge is 0.359 e. The van der Waals surface area contributed by atoms with Gasteiger partial charge in [0.15, 0.2) is 19.4 Å². The first-order chi connectivity index (χ1) is 13.1. The van der Waals surface area contributed by atoms with Crippen LogP contribution in [-0.4, -0.2) is 91.3 Å². The van der Waals surface area contributed by atoms with E-state index in [-0.39, 0.29) is 13.1 Å². The van der Waals surface area contributed by atoms with E-state index >= 15 is 0 Å². The Balaban J connectivity index is 0.000000769. The molecule has 0 spiro atoms. The molecule has 1 atom stereocenters. The molecule has 0 aromatic rings. The number of hydrogen-bond donors (Lipinski definition) is 2. The predicted octanol–water partition coefficient (Wildman–Crippen LogP) is 3.24. The molecule has 0 radical (unpaired) electrons. The van der Waals surface area contributed by atoms with E-state index < -0.39 is 11.9 Å². The summed E-state index contributed by atoms with van der Waals surface area (Å²) in [5.74, 6) is -1.47. The highest BCUT2D eigenvalue weighted by Gasteiger charge is 2.31. The second kappa shape index (κ2) is 14.5. The van der Waals surface area contributed by atoms with Crippen LogP contribution in [0.3, 0.4) is 0 Å². The van der Waals surface area contributed by atoms with Crippen LogP contribution in [0, 0.1) is 0 Å². The number of rotatable bonds is 14. The fourth-order valence-corrected chi connectivity index (χ4v) is 3.33. The lowest BCUT2D eigenvalue weighted by molar-refractivity contribution is -0.862. The molecule has 0 aromatic heterocycles. The number of unbranched alkanes of at least 4 members (excludes halogenated alkanes) is 8. The molecule has 1 unspecified atom stereocenters. The number of hydrogen-bond acceptors (Lipinski definition) is 3. The number of carboxylic acids is 2. The van der Waals surface area contributed by atoms with Crippen molar-refractivity contribution in [2.45, 2.75) is 64.7 Å². The van der Waals surface area contributed by atoms with Crippen LogP contribution in [0.1, 0.15) is 64.7 Å². The summed E-state index contributed by atoms with van der Waals surface area (Å²) in [6.07, 6.45) is 13.6. The monoisotopic (exact) mass is 401 g/mol. The van der Waals surface area contributed by atoms with Gasteiger partial charge in [0.05, 0.1) is 34.2 Å². The Morgan fingerprint density at radius 2 is 1.46 bits per heavy atom. The first-order valence-electron chi connectivity index (χ1n) is 10.7. The van der Waals surface area contributed by atoms with E-state index in [4.69, 9.17) is 10.2 Å². The van der Waals surface area contributed by atoms with Gasteiger partial charge in [0.2, 0.25) is 0 Å². The highest BCUT2D eigenvalue weighted by molar-refractivity contribution is 5.70. The molecular formula is C21H43N3O4+2. The van der Waals surface area contributed by atoms with Gasteiger partial charge in [-0.1, -0.05) is 51.9 Å². The lowest BCUT2D eigenvalue weighted by Gasteiger charge is -2.28. The number of likely N-dealkylation sites (N-methyl/N-ethyl adjacent to an activating group) is 1. The number of carboxylic acid groups (broad SMARTS) is 2. The number of nitrogens with zero attached hydrogens (tertiary/aromatic N) is 3. The van der Waals surface area contributed by atoms with Crippen LogP contribution in [0.2, 0.25) is 0 Å². The predicted molar refractivity (Wildman–Crippen MR) is 114 cm³/mol. The van der Waals surface area contributed by atoms with E-state index in [1.54, 1.807) is 0 Å². The molecule has 28 heavy (non-hydrogen) atoms. The molecular weight excluding hydrogens is 358 g/mol. The Morgan fingerprint density at radius 3 is 1.82 bits per heavy atom. The molecule has 0 fully saturated rings. The molecule has 0 saturated carbocycles. The van der Waals surface area contributed by atoms with Gasteiger partial charge in [-0.2, -0.15) is 0 Å². The van der Waals surface area contributed by atoms with Gasteiger partial charge in [-0.15, -0.1) is 0 Å². The molecule has 164 valence electrons. The number of aliphatic imine (C=N–C) groups is 1. The van der Waals surface area contributed by atoms with Crippen molar-refractivity contribution in [3.8, 4) is 0 Å². The molecule has 7 heteroatoms. The maximum Gasteiger partial charge on any atom is 0.359 e. The van der Waals surface area contributed by atoms with Crippen molar-refractivity contribution in [3.05, 3.63) is 0 Å². The van der Waals surface area contributed by atoms with Gasteiger partial charge in [-0.05, 0) is 12.8 Å². The van der Waals surface area contributed by atoms with Gasteiger partial charge in [0.1, 0.15) is 6.54 Å². The zero-order chi connectivity index (χ0) is 21.5. The average molecular weight is 402 g/mol. The first-order valence-corrected chi connectivity index (χ1v) is 10.7. The summed E-state index contributed by atoms with van der Waals surface area (Å²) in [7, 11) is 5.52. The standard InChI is InChI=1S/C16H30N2O2.C5H11NO2/c1-2-3-4-5-6-7-8-9-10-12-18(14-16(19)20)13-11-17-15-18;1-6(2,3)4-5(7)8/h15H,2-14H2,1H3;4H2,1-3H3/p+2. The third-order valence-corrected chi connectivity index (χ3v) is 4.77. The molecule has 7 nitrogen and oxygen atoms in total. The molecule has 1 rings (SSSR count). The highest BCUT2D eigenvalue weighted by Crippen LogP contribution is 2.14. The lowest BCUT2D eigenvalue weighted by Crippen LogP contribution is -2.49. The molecule has 0 bridgehead atoms. The van der Waals surface area contributed by atoms with Gasteiger partial charge >= 0.3 is 11.9 Å². The van der Waals surface area contributed by atoms with Crippen molar-refractivity contribution in [2.24, 2.45) is 4.99 Å². The number of aliphatic carboxylic acids is 2. The highest BCUT2D eigenvalue weighted by atomic mass is 16.4. The minimum Gasteiger partial charge on any atom is -0.477 e. The van der Waals surface area contributed by atoms with Crippen molar-refractivity contribution < 1.29 is 28.8 Å². The van der Waals surface area contributed by atoms with E-state index in [1.165, 1.54) is 51.4 Å². The molecule has 1 aliphatic rings. The van der Waals surface area contributed by atoms with Crippen molar-refractivity contribution in [1.82, 2.24) is 0 Å². The van der Waals surface area contributed by atoms with Crippen molar-refractivity contribution in [2.75, 3.05) is 53.9 Å². The van der Waals surface area contributed by atoms with E-state index in [0.717, 1.165) is 26.1 Å². The Morgan fingerprint density at radius 1 is 0.929 bits per heavy atom. The van der Waals surface area contributed by atoms with Crippen LogP contribution < -0.4 is 0 Å². The van der Waals surface area contributed by atoms with Crippen LogP contribution in [0.15, 0.2) is 4.99 Å². The van der Waals surface area contributed by atoms with Gasteiger partial charge in [0.25, 0.3) is 0 Å². The Kier molecular flexibility index (Phi) is 13.8. The topological polar surface area (TPSA) is 87.0 Å². The fourth-order valence-electron chi connectivity index (χ4n) is 3.33. The van der Waals surface area contributed by atoms with Gasteiger partial charge in [-0.25, -0.2) is 14.6 Å². The summed E-state index contributed by atoms with van der Waals surface area (Å²) in [4.78, 5) is 25.2. The largest absolute Gasteiger partial charge is 0.477 e. The minimum atomic E-state index is -0.752. The fraction of sp³-hybridized carbons (Fsp3) is 0.857. The van der Waals surface area contributed by atoms with Gasteiger partial charge < -0.3 is 14.7 Å². The summed E-state index contributed by atoms with van der Waals surface area (Å²) in [5.41, 5.74) is 0. The summed E-state index contributed by atoms with van der Waals surface area (Å²) in [5, 5.41) is 17.2. The summed E-state index contributed by atoms with van der Waals surface area (Å²) >= 11 is 0. The summed E-state index contributed by atoms with van der Waals surface area (Å²) < 4.78 is 1.04. The maximum absolute atomic E-state index is 10.9. The summed E-state index contributed by atoms with van der Waals surface area (Å²) in [6.45, 7) is 5.21. The van der Waals surface area contributed by atoms with Gasteiger partial charge in [0, 0.05) is 0 Å². The Hall–Kier alpha value is -1.47. The van der Waals surface area contributed by atoms with Crippen molar-refractivity contribution >= 4 is 18.3 Å². The summed E-state index contributed by atoms with van der Waals surface area (Å²) in [6, 6.07) is 0. The Bertz CT molecular complexity index is 475. The normalized spacial score (nSPS) is 18.6. The van der Waals surface area contributed by atoms with E-state index in [0.29, 0.717) is 8.97 Å². The third kappa shape index (κ3) is 15.6. The molecule has 0 aliphatic carbocycles.